The number of phenols is 1. The molecule has 0 bridgehead atoms. The second-order valence-electron chi connectivity index (χ2n) is 3.35. The molecular weight excluding hydrogens is 192 g/mol. The fourth-order valence-corrected chi connectivity index (χ4v) is 1.37. The van der Waals surface area contributed by atoms with E-state index in [9.17, 15) is 4.79 Å². The van der Waals surface area contributed by atoms with E-state index < -0.39 is 11.9 Å². The highest BCUT2D eigenvalue weighted by Crippen LogP contribution is 2.11. The monoisotopic (exact) mass is 207 g/mol. The van der Waals surface area contributed by atoms with Gasteiger partial charge in [0.2, 0.25) is 0 Å². The maximum absolute atomic E-state index is 11.0. The summed E-state index contributed by atoms with van der Waals surface area (Å²) in [5.41, 5.74) is 8.01. The van der Waals surface area contributed by atoms with Gasteiger partial charge < -0.3 is 10.4 Å². The summed E-state index contributed by atoms with van der Waals surface area (Å²) in [5.74, 6) is -0.402. The lowest BCUT2D eigenvalue weighted by atomic mass is 10.1. The van der Waals surface area contributed by atoms with Crippen LogP contribution in [-0.4, -0.2) is 23.6 Å². The molecule has 1 radical (unpaired) electrons. The number of hydrogen-bond donors (Lipinski definition) is 2. The van der Waals surface area contributed by atoms with Crippen molar-refractivity contribution in [2.24, 2.45) is 0 Å². The first kappa shape index (κ1) is 11.5. The second-order valence-corrected chi connectivity index (χ2v) is 3.35. The summed E-state index contributed by atoms with van der Waals surface area (Å²) >= 11 is 0. The number of phenolic OH excluding ortho intramolecular Hbond substituents is 1. The Morgan fingerprint density at radius 3 is 2.53 bits per heavy atom. The zero-order valence-corrected chi connectivity index (χ0v) is 8.66. The first-order valence-electron chi connectivity index (χ1n) is 4.90. The van der Waals surface area contributed by atoms with Gasteiger partial charge in [-0.3, -0.25) is 10.5 Å². The summed E-state index contributed by atoms with van der Waals surface area (Å²) in [6, 6.07) is 6.20. The predicted octanol–water partition coefficient (Wildman–Crippen LogP) is 0.722. The summed E-state index contributed by atoms with van der Waals surface area (Å²) in [6.45, 7) is 2.56. The molecule has 0 aliphatic carbocycles. The van der Waals surface area contributed by atoms with Gasteiger partial charge in [0.05, 0.1) is 6.04 Å². The van der Waals surface area contributed by atoms with Gasteiger partial charge in [0.25, 0.3) is 5.91 Å². The van der Waals surface area contributed by atoms with Gasteiger partial charge in [-0.05, 0) is 30.7 Å². The Morgan fingerprint density at radius 2 is 2.07 bits per heavy atom. The molecule has 0 spiro atoms. The zero-order chi connectivity index (χ0) is 11.3. The van der Waals surface area contributed by atoms with E-state index in [1.807, 2.05) is 6.92 Å². The highest BCUT2D eigenvalue weighted by atomic mass is 16.3. The third-order valence-corrected chi connectivity index (χ3v) is 2.14. The first-order valence-corrected chi connectivity index (χ1v) is 4.90. The predicted molar refractivity (Wildman–Crippen MR) is 57.4 cm³/mol. The molecule has 0 saturated heterocycles. The van der Waals surface area contributed by atoms with E-state index in [2.05, 4.69) is 5.32 Å². The lowest BCUT2D eigenvalue weighted by molar-refractivity contribution is -0.120. The van der Waals surface area contributed by atoms with Crippen molar-refractivity contribution in [1.82, 2.24) is 11.1 Å². The number of carbonyl (C=O) groups is 1. The van der Waals surface area contributed by atoms with Crippen LogP contribution in [0.4, 0.5) is 0 Å². The molecule has 0 aromatic heterocycles. The van der Waals surface area contributed by atoms with Crippen LogP contribution in [-0.2, 0) is 11.2 Å². The molecule has 0 aliphatic rings. The Kier molecular flexibility index (Phi) is 4.12. The maximum atomic E-state index is 11.0. The van der Waals surface area contributed by atoms with Crippen LogP contribution in [0.1, 0.15) is 12.5 Å². The molecular formula is C11H15N2O2. The van der Waals surface area contributed by atoms with Crippen LogP contribution in [0.15, 0.2) is 24.3 Å². The van der Waals surface area contributed by atoms with E-state index in [1.165, 1.54) is 0 Å². The van der Waals surface area contributed by atoms with Gasteiger partial charge >= 0.3 is 0 Å². The number of nitrogens with one attached hydrogen (secondary N) is 2. The minimum absolute atomic E-state index is 0.205. The average Bonchev–Trinajstić information content (AvgIpc) is 2.20. The van der Waals surface area contributed by atoms with Gasteiger partial charge in [0, 0.05) is 0 Å². The lowest BCUT2D eigenvalue weighted by Gasteiger charge is -2.13. The van der Waals surface area contributed by atoms with Gasteiger partial charge in [0.1, 0.15) is 5.75 Å². The summed E-state index contributed by atoms with van der Waals surface area (Å²) in [6.07, 6.45) is 0.483. The largest absolute Gasteiger partial charge is 0.508 e. The molecule has 15 heavy (non-hydrogen) atoms. The van der Waals surface area contributed by atoms with Crippen LogP contribution in [0.5, 0.6) is 5.75 Å². The van der Waals surface area contributed by atoms with Crippen molar-refractivity contribution >= 4 is 5.91 Å². The van der Waals surface area contributed by atoms with Crippen molar-refractivity contribution in [2.75, 3.05) is 6.54 Å². The van der Waals surface area contributed by atoms with Crippen LogP contribution < -0.4 is 11.1 Å². The van der Waals surface area contributed by atoms with Crippen LogP contribution in [0.3, 0.4) is 0 Å². The minimum Gasteiger partial charge on any atom is -0.508 e. The number of hydrogen-bond acceptors (Lipinski definition) is 3. The second kappa shape index (κ2) is 5.36. The molecule has 81 valence electrons. The Bertz CT molecular complexity index is 322. The number of benzene rings is 1. The van der Waals surface area contributed by atoms with E-state index in [-0.39, 0.29) is 5.75 Å². The molecule has 4 nitrogen and oxygen atoms in total. The molecule has 1 unspecified atom stereocenters. The van der Waals surface area contributed by atoms with Crippen molar-refractivity contribution in [3.05, 3.63) is 29.8 Å². The van der Waals surface area contributed by atoms with Gasteiger partial charge in [-0.15, -0.1) is 0 Å². The molecule has 0 fully saturated rings. The zero-order valence-electron chi connectivity index (χ0n) is 8.66. The van der Waals surface area contributed by atoms with Crippen molar-refractivity contribution in [2.45, 2.75) is 19.4 Å². The number of aromatic hydroxyl groups is 1. The molecule has 0 heterocycles. The highest BCUT2D eigenvalue weighted by molar-refractivity contribution is 5.79. The Labute approximate surface area is 89.1 Å². The maximum Gasteiger partial charge on any atom is 0.255 e. The van der Waals surface area contributed by atoms with Crippen LogP contribution >= 0.6 is 0 Å². The lowest BCUT2D eigenvalue weighted by Crippen LogP contribution is -2.39. The van der Waals surface area contributed by atoms with Crippen LogP contribution in [0, 0.1) is 0 Å². The number of rotatable bonds is 5. The molecule has 1 aromatic carbocycles. The molecule has 0 saturated carbocycles. The molecule has 1 amide bonds. The number of carbonyl (C=O) groups excluding carboxylic acids is 1. The standard InChI is InChI=1S/C11H15N2O2/c1-2-13-10(11(12)15)7-8-3-5-9(14)6-4-8/h3-6,10,12-14H,2,7H2,1H3. The average molecular weight is 207 g/mol. The first-order chi connectivity index (χ1) is 7.13. The normalized spacial score (nSPS) is 12.3. The van der Waals surface area contributed by atoms with Crippen LogP contribution in [0.2, 0.25) is 0 Å². The molecule has 1 atom stereocenters. The van der Waals surface area contributed by atoms with Gasteiger partial charge in [-0.2, -0.15) is 0 Å². The Balaban J connectivity index is 2.65. The van der Waals surface area contributed by atoms with E-state index in [1.54, 1.807) is 24.3 Å². The van der Waals surface area contributed by atoms with E-state index in [4.69, 9.17) is 10.8 Å². The summed E-state index contributed by atoms with van der Waals surface area (Å²) < 4.78 is 0. The quantitative estimate of drug-likeness (QED) is 0.747. The Morgan fingerprint density at radius 1 is 1.47 bits per heavy atom. The summed E-state index contributed by atoms with van der Waals surface area (Å²) in [5, 5.41) is 12.0. The molecule has 1 aromatic rings. The van der Waals surface area contributed by atoms with Gasteiger partial charge in [-0.1, -0.05) is 19.1 Å². The number of amides is 1. The highest BCUT2D eigenvalue weighted by Gasteiger charge is 2.14. The van der Waals surface area contributed by atoms with Crippen molar-refractivity contribution < 1.29 is 9.90 Å². The van der Waals surface area contributed by atoms with E-state index in [0.717, 1.165) is 5.56 Å². The fraction of sp³-hybridized carbons (Fsp3) is 0.364. The van der Waals surface area contributed by atoms with Crippen molar-refractivity contribution in [1.29, 1.82) is 0 Å². The minimum atomic E-state index is -0.607. The molecule has 3 N–H and O–H groups in total. The topological polar surface area (TPSA) is 73.1 Å². The summed E-state index contributed by atoms with van der Waals surface area (Å²) in [7, 11) is 0. The molecule has 4 heteroatoms. The van der Waals surface area contributed by atoms with Crippen LogP contribution in [0.25, 0.3) is 0 Å². The summed E-state index contributed by atoms with van der Waals surface area (Å²) in [4.78, 5) is 11.0. The van der Waals surface area contributed by atoms with Crippen molar-refractivity contribution in [3.63, 3.8) is 0 Å². The Hall–Kier alpha value is -1.55. The smallest absolute Gasteiger partial charge is 0.255 e. The fourth-order valence-electron chi connectivity index (χ4n) is 1.37. The van der Waals surface area contributed by atoms with Gasteiger partial charge in [-0.25, -0.2) is 0 Å². The number of likely N-dealkylation sites (N-methyl/N-ethyl adjacent to an activating group) is 1. The SMILES string of the molecule is CCNC(Cc1ccc(O)cc1)C([NH])=O. The van der Waals surface area contributed by atoms with Crippen molar-refractivity contribution in [3.8, 4) is 5.75 Å². The van der Waals surface area contributed by atoms with Gasteiger partial charge in [0.15, 0.2) is 0 Å². The molecule has 1 rings (SSSR count). The third-order valence-electron chi connectivity index (χ3n) is 2.14. The van der Waals surface area contributed by atoms with E-state index >= 15 is 0 Å². The third kappa shape index (κ3) is 3.59. The van der Waals surface area contributed by atoms with E-state index in [0.29, 0.717) is 13.0 Å². The molecule has 0 aliphatic heterocycles.